The zero-order valence-corrected chi connectivity index (χ0v) is 13.9. The Balaban J connectivity index is 2.38. The molecule has 0 saturated carbocycles. The predicted molar refractivity (Wildman–Crippen MR) is 86.6 cm³/mol. The molecular formula is C17H29NO3. The van der Waals surface area contributed by atoms with Crippen LogP contribution in [-0.2, 0) is 0 Å². The van der Waals surface area contributed by atoms with Crippen LogP contribution in [-0.4, -0.2) is 33.4 Å². The summed E-state index contributed by atoms with van der Waals surface area (Å²) in [5.74, 6) is 2.97. The van der Waals surface area contributed by atoms with Crippen LogP contribution in [0.15, 0.2) is 18.2 Å². The summed E-state index contributed by atoms with van der Waals surface area (Å²) in [5.41, 5.74) is 0. The highest BCUT2D eigenvalue weighted by Gasteiger charge is 2.07. The van der Waals surface area contributed by atoms with Gasteiger partial charge in [-0.25, -0.2) is 0 Å². The average molecular weight is 295 g/mol. The van der Waals surface area contributed by atoms with Gasteiger partial charge in [-0.15, -0.1) is 0 Å². The molecule has 0 saturated heterocycles. The summed E-state index contributed by atoms with van der Waals surface area (Å²) < 4.78 is 16.4. The third-order valence-corrected chi connectivity index (χ3v) is 3.18. The minimum Gasteiger partial charge on any atom is -0.496 e. The zero-order chi connectivity index (χ0) is 15.7. The van der Waals surface area contributed by atoms with Gasteiger partial charge in [-0.3, -0.25) is 0 Å². The van der Waals surface area contributed by atoms with Crippen molar-refractivity contribution in [2.75, 3.05) is 27.3 Å². The summed E-state index contributed by atoms with van der Waals surface area (Å²) in [7, 11) is 3.28. The maximum Gasteiger partial charge on any atom is 0.127 e. The topological polar surface area (TPSA) is 39.7 Å². The first-order valence-electron chi connectivity index (χ1n) is 7.65. The molecule has 1 rings (SSSR count). The molecule has 0 aliphatic heterocycles. The van der Waals surface area contributed by atoms with E-state index in [0.29, 0.717) is 5.92 Å². The number of methoxy groups -OCH3 is 2. The van der Waals surface area contributed by atoms with Crippen LogP contribution in [0.1, 0.15) is 33.6 Å². The lowest BCUT2D eigenvalue weighted by atomic mass is 10.2. The monoisotopic (exact) mass is 295 g/mol. The SMILES string of the molecule is COc1cc(OC)cc(OC(C)CCCNCC(C)C)c1. The number of nitrogens with one attached hydrogen (secondary N) is 1. The highest BCUT2D eigenvalue weighted by atomic mass is 16.5. The van der Waals surface area contributed by atoms with Crippen LogP contribution in [0.4, 0.5) is 0 Å². The Hall–Kier alpha value is -1.42. The third-order valence-electron chi connectivity index (χ3n) is 3.18. The molecule has 21 heavy (non-hydrogen) atoms. The zero-order valence-electron chi connectivity index (χ0n) is 13.9. The lowest BCUT2D eigenvalue weighted by Crippen LogP contribution is -2.22. The Labute approximate surface area is 128 Å². The van der Waals surface area contributed by atoms with Gasteiger partial charge in [0, 0.05) is 18.2 Å². The van der Waals surface area contributed by atoms with Crippen molar-refractivity contribution in [2.45, 2.75) is 39.7 Å². The van der Waals surface area contributed by atoms with Crippen molar-refractivity contribution in [1.82, 2.24) is 5.32 Å². The van der Waals surface area contributed by atoms with Crippen LogP contribution in [0.5, 0.6) is 17.2 Å². The van der Waals surface area contributed by atoms with Crippen LogP contribution >= 0.6 is 0 Å². The molecule has 0 aliphatic rings. The molecule has 1 N–H and O–H groups in total. The van der Waals surface area contributed by atoms with Gasteiger partial charge < -0.3 is 19.5 Å². The Morgan fingerprint density at radius 3 is 2.05 bits per heavy atom. The van der Waals surface area contributed by atoms with Gasteiger partial charge in [0.05, 0.1) is 20.3 Å². The van der Waals surface area contributed by atoms with E-state index in [4.69, 9.17) is 14.2 Å². The largest absolute Gasteiger partial charge is 0.496 e. The second-order valence-corrected chi connectivity index (χ2v) is 5.72. The smallest absolute Gasteiger partial charge is 0.127 e. The third kappa shape index (κ3) is 7.23. The van der Waals surface area contributed by atoms with Crippen molar-refractivity contribution in [3.8, 4) is 17.2 Å². The van der Waals surface area contributed by atoms with Gasteiger partial charge >= 0.3 is 0 Å². The van der Waals surface area contributed by atoms with Gasteiger partial charge in [-0.2, -0.15) is 0 Å². The molecular weight excluding hydrogens is 266 g/mol. The Kier molecular flexibility index (Phi) is 7.98. The summed E-state index contributed by atoms with van der Waals surface area (Å²) >= 11 is 0. The normalized spacial score (nSPS) is 12.3. The molecule has 0 fully saturated rings. The molecule has 0 heterocycles. The first-order chi connectivity index (χ1) is 10.0. The second-order valence-electron chi connectivity index (χ2n) is 5.72. The molecule has 4 nitrogen and oxygen atoms in total. The number of hydrogen-bond acceptors (Lipinski definition) is 4. The van der Waals surface area contributed by atoms with Crippen molar-refractivity contribution in [1.29, 1.82) is 0 Å². The number of ether oxygens (including phenoxy) is 3. The average Bonchev–Trinajstić information content (AvgIpc) is 2.46. The van der Waals surface area contributed by atoms with E-state index in [1.807, 2.05) is 18.2 Å². The summed E-state index contributed by atoms with van der Waals surface area (Å²) in [6, 6.07) is 5.61. The van der Waals surface area contributed by atoms with Crippen LogP contribution < -0.4 is 19.5 Å². The van der Waals surface area contributed by atoms with E-state index < -0.39 is 0 Å². The minimum absolute atomic E-state index is 0.169. The maximum absolute atomic E-state index is 5.94. The van der Waals surface area contributed by atoms with Gasteiger partial charge in [-0.1, -0.05) is 13.8 Å². The molecule has 4 heteroatoms. The molecule has 0 radical (unpaired) electrons. The highest BCUT2D eigenvalue weighted by molar-refractivity contribution is 5.42. The van der Waals surface area contributed by atoms with E-state index in [2.05, 4.69) is 26.1 Å². The van der Waals surface area contributed by atoms with E-state index >= 15 is 0 Å². The summed E-state index contributed by atoms with van der Waals surface area (Å²) in [4.78, 5) is 0. The standard InChI is InChI=1S/C17H29NO3/c1-13(2)12-18-8-6-7-14(3)21-17-10-15(19-4)9-16(11-17)20-5/h9-11,13-14,18H,6-8,12H2,1-5H3. The van der Waals surface area contributed by atoms with E-state index in [1.165, 1.54) is 0 Å². The van der Waals surface area contributed by atoms with Crippen LogP contribution in [0, 0.1) is 5.92 Å². The first-order valence-corrected chi connectivity index (χ1v) is 7.65. The summed E-state index contributed by atoms with van der Waals surface area (Å²) in [6.45, 7) is 8.63. The quantitative estimate of drug-likeness (QED) is 0.671. The van der Waals surface area contributed by atoms with E-state index in [0.717, 1.165) is 43.2 Å². The molecule has 0 spiro atoms. The van der Waals surface area contributed by atoms with Crippen molar-refractivity contribution in [3.63, 3.8) is 0 Å². The Morgan fingerprint density at radius 2 is 1.52 bits per heavy atom. The Morgan fingerprint density at radius 1 is 0.952 bits per heavy atom. The molecule has 0 aromatic heterocycles. The summed E-state index contributed by atoms with van der Waals surface area (Å²) in [6.07, 6.45) is 2.29. The van der Waals surface area contributed by atoms with Crippen LogP contribution in [0.25, 0.3) is 0 Å². The van der Waals surface area contributed by atoms with Gasteiger partial charge in [0.2, 0.25) is 0 Å². The molecule has 0 bridgehead atoms. The van der Waals surface area contributed by atoms with Crippen molar-refractivity contribution < 1.29 is 14.2 Å². The van der Waals surface area contributed by atoms with Gasteiger partial charge in [0.25, 0.3) is 0 Å². The van der Waals surface area contributed by atoms with E-state index in [9.17, 15) is 0 Å². The first kappa shape index (κ1) is 17.6. The lowest BCUT2D eigenvalue weighted by Gasteiger charge is -2.16. The fourth-order valence-electron chi connectivity index (χ4n) is 2.05. The van der Waals surface area contributed by atoms with Crippen molar-refractivity contribution in [3.05, 3.63) is 18.2 Å². The van der Waals surface area contributed by atoms with Crippen molar-refractivity contribution >= 4 is 0 Å². The fourth-order valence-corrected chi connectivity index (χ4v) is 2.05. The number of rotatable bonds is 10. The van der Waals surface area contributed by atoms with E-state index in [1.54, 1.807) is 14.2 Å². The lowest BCUT2D eigenvalue weighted by molar-refractivity contribution is 0.205. The van der Waals surface area contributed by atoms with Gasteiger partial charge in [0.1, 0.15) is 17.2 Å². The molecule has 1 aromatic carbocycles. The number of benzene rings is 1. The van der Waals surface area contributed by atoms with Gasteiger partial charge in [0.15, 0.2) is 0 Å². The molecule has 1 atom stereocenters. The van der Waals surface area contributed by atoms with Crippen LogP contribution in [0.3, 0.4) is 0 Å². The highest BCUT2D eigenvalue weighted by Crippen LogP contribution is 2.28. The van der Waals surface area contributed by atoms with E-state index in [-0.39, 0.29) is 6.10 Å². The van der Waals surface area contributed by atoms with Crippen LogP contribution in [0.2, 0.25) is 0 Å². The maximum atomic E-state index is 5.94. The molecule has 1 aromatic rings. The molecule has 0 amide bonds. The number of hydrogen-bond donors (Lipinski definition) is 1. The minimum atomic E-state index is 0.169. The molecule has 1 unspecified atom stereocenters. The van der Waals surface area contributed by atoms with Gasteiger partial charge in [-0.05, 0) is 38.8 Å². The predicted octanol–water partition coefficient (Wildman–Crippen LogP) is 3.50. The molecule has 120 valence electrons. The molecule has 0 aliphatic carbocycles. The Bertz CT molecular complexity index is 385. The second kappa shape index (κ2) is 9.50. The van der Waals surface area contributed by atoms with Crippen molar-refractivity contribution in [2.24, 2.45) is 5.92 Å². The fraction of sp³-hybridized carbons (Fsp3) is 0.647. The summed E-state index contributed by atoms with van der Waals surface area (Å²) in [5, 5.41) is 3.44.